The maximum absolute atomic E-state index is 5.95. The minimum Gasteiger partial charge on any atom is -0.369 e. The minimum absolute atomic E-state index is 0. The highest BCUT2D eigenvalue weighted by molar-refractivity contribution is 7.09. The van der Waals surface area contributed by atoms with E-state index >= 15 is 0 Å². The second-order valence-corrected chi connectivity index (χ2v) is 8.01. The van der Waals surface area contributed by atoms with Gasteiger partial charge < -0.3 is 4.90 Å². The number of hydrogen-bond donors (Lipinski definition) is 0. The maximum atomic E-state index is 5.95. The van der Waals surface area contributed by atoms with Crippen LogP contribution in [-0.4, -0.2) is 36.1 Å². The van der Waals surface area contributed by atoms with Gasteiger partial charge in [-0.05, 0) is 29.8 Å². The fraction of sp³-hybridized carbons (Fsp3) is 0.286. The van der Waals surface area contributed by atoms with Crippen LogP contribution in [0.2, 0.25) is 5.02 Å². The standard InChI is InChI=1S/C21H22ClN3S.2ClH/c22-18-8-6-17(7-9-18)14-21-23-19(16-26-21)15-24-10-12-25(13-11-24)20-4-2-1-3-5-20;;/h1-9,16H,10-15H2;2*1H. The molecule has 1 fully saturated rings. The van der Waals surface area contributed by atoms with Crippen molar-refractivity contribution in [3.63, 3.8) is 0 Å². The Kier molecular flexibility index (Phi) is 9.06. The minimum atomic E-state index is 0. The number of benzene rings is 2. The van der Waals surface area contributed by atoms with Crippen LogP contribution in [0.15, 0.2) is 60.0 Å². The monoisotopic (exact) mass is 455 g/mol. The van der Waals surface area contributed by atoms with Gasteiger partial charge in [0.1, 0.15) is 0 Å². The van der Waals surface area contributed by atoms with Gasteiger partial charge in [-0.25, -0.2) is 4.98 Å². The van der Waals surface area contributed by atoms with Crippen LogP contribution in [0.4, 0.5) is 5.69 Å². The normalized spacial score (nSPS) is 14.2. The summed E-state index contributed by atoms with van der Waals surface area (Å²) in [5.74, 6) is 0. The summed E-state index contributed by atoms with van der Waals surface area (Å²) >= 11 is 7.71. The van der Waals surface area contributed by atoms with Crippen molar-refractivity contribution in [2.75, 3.05) is 31.1 Å². The molecule has 0 amide bonds. The van der Waals surface area contributed by atoms with E-state index in [1.54, 1.807) is 11.3 Å². The summed E-state index contributed by atoms with van der Waals surface area (Å²) < 4.78 is 0. The van der Waals surface area contributed by atoms with Crippen LogP contribution in [0, 0.1) is 0 Å². The molecule has 0 radical (unpaired) electrons. The number of piperazine rings is 1. The first-order chi connectivity index (χ1) is 12.8. The van der Waals surface area contributed by atoms with Gasteiger partial charge in [0.2, 0.25) is 0 Å². The third kappa shape index (κ3) is 6.10. The molecule has 3 nitrogen and oxygen atoms in total. The van der Waals surface area contributed by atoms with E-state index in [2.05, 4.69) is 57.6 Å². The summed E-state index contributed by atoms with van der Waals surface area (Å²) in [4.78, 5) is 9.79. The topological polar surface area (TPSA) is 19.4 Å². The molecule has 4 rings (SSSR count). The molecule has 0 atom stereocenters. The van der Waals surface area contributed by atoms with Crippen molar-refractivity contribution in [2.24, 2.45) is 0 Å². The number of rotatable bonds is 5. The highest BCUT2D eigenvalue weighted by Gasteiger charge is 2.18. The first kappa shape index (κ1) is 23.0. The summed E-state index contributed by atoms with van der Waals surface area (Å²) in [6.45, 7) is 5.26. The van der Waals surface area contributed by atoms with E-state index in [9.17, 15) is 0 Å². The van der Waals surface area contributed by atoms with Crippen LogP contribution in [-0.2, 0) is 13.0 Å². The zero-order valence-corrected chi connectivity index (χ0v) is 18.7. The van der Waals surface area contributed by atoms with Gasteiger partial charge in [-0.2, -0.15) is 0 Å². The molecule has 1 saturated heterocycles. The Morgan fingerprint density at radius 1 is 0.893 bits per heavy atom. The highest BCUT2D eigenvalue weighted by atomic mass is 35.5. The summed E-state index contributed by atoms with van der Waals surface area (Å²) in [6.07, 6.45) is 0.879. The molecular formula is C21H24Cl3N3S. The molecule has 0 unspecified atom stereocenters. The molecule has 0 aliphatic carbocycles. The fourth-order valence-electron chi connectivity index (χ4n) is 3.31. The quantitative estimate of drug-likeness (QED) is 0.501. The van der Waals surface area contributed by atoms with Gasteiger partial charge in [0.15, 0.2) is 0 Å². The van der Waals surface area contributed by atoms with Gasteiger partial charge in [0.25, 0.3) is 0 Å². The zero-order valence-electron chi connectivity index (χ0n) is 15.5. The van der Waals surface area contributed by atoms with E-state index in [4.69, 9.17) is 16.6 Å². The first-order valence-corrected chi connectivity index (χ1v) is 10.2. The number of halogens is 3. The van der Waals surface area contributed by atoms with Crippen LogP contribution in [0.25, 0.3) is 0 Å². The molecular weight excluding hydrogens is 433 g/mol. The van der Waals surface area contributed by atoms with Gasteiger partial charge in [-0.15, -0.1) is 36.2 Å². The van der Waals surface area contributed by atoms with Gasteiger partial charge >= 0.3 is 0 Å². The zero-order chi connectivity index (χ0) is 17.8. The van der Waals surface area contributed by atoms with Crippen molar-refractivity contribution in [1.82, 2.24) is 9.88 Å². The number of anilines is 1. The maximum Gasteiger partial charge on any atom is 0.0972 e. The molecule has 28 heavy (non-hydrogen) atoms. The molecule has 3 aromatic rings. The van der Waals surface area contributed by atoms with Gasteiger partial charge in [-0.3, -0.25) is 4.90 Å². The van der Waals surface area contributed by atoms with Gasteiger partial charge in [-0.1, -0.05) is 41.9 Å². The van der Waals surface area contributed by atoms with Crippen molar-refractivity contribution in [3.8, 4) is 0 Å². The Morgan fingerprint density at radius 2 is 1.57 bits per heavy atom. The van der Waals surface area contributed by atoms with Crippen molar-refractivity contribution in [1.29, 1.82) is 0 Å². The molecule has 1 aliphatic rings. The van der Waals surface area contributed by atoms with Gasteiger partial charge in [0.05, 0.1) is 10.7 Å². The second-order valence-electron chi connectivity index (χ2n) is 6.63. The number of aromatic nitrogens is 1. The Morgan fingerprint density at radius 3 is 2.25 bits per heavy atom. The molecule has 2 heterocycles. The molecule has 1 aromatic heterocycles. The molecule has 150 valence electrons. The van der Waals surface area contributed by atoms with Crippen LogP contribution < -0.4 is 4.90 Å². The van der Waals surface area contributed by atoms with E-state index in [0.717, 1.165) is 44.2 Å². The number of thiazole rings is 1. The highest BCUT2D eigenvalue weighted by Crippen LogP contribution is 2.20. The first-order valence-electron chi connectivity index (χ1n) is 8.96. The Balaban J connectivity index is 0.00000140. The molecule has 0 saturated carbocycles. The number of nitrogens with zero attached hydrogens (tertiary/aromatic N) is 3. The lowest BCUT2D eigenvalue weighted by molar-refractivity contribution is 0.247. The third-order valence-corrected chi connectivity index (χ3v) is 5.90. The van der Waals surface area contributed by atoms with E-state index in [1.165, 1.54) is 22.0 Å². The smallest absolute Gasteiger partial charge is 0.0972 e. The van der Waals surface area contributed by atoms with Crippen molar-refractivity contribution >= 4 is 53.4 Å². The summed E-state index contributed by atoms with van der Waals surface area (Å²) in [5.41, 5.74) is 3.77. The molecule has 0 spiro atoms. The Hall–Kier alpha value is -1.30. The Bertz CT molecular complexity index is 832. The van der Waals surface area contributed by atoms with E-state index in [0.29, 0.717) is 0 Å². The molecule has 0 bridgehead atoms. The van der Waals surface area contributed by atoms with Crippen molar-refractivity contribution in [2.45, 2.75) is 13.0 Å². The molecule has 0 N–H and O–H groups in total. The van der Waals surface area contributed by atoms with E-state index in [-0.39, 0.29) is 24.8 Å². The van der Waals surface area contributed by atoms with E-state index < -0.39 is 0 Å². The average molecular weight is 457 g/mol. The molecule has 2 aromatic carbocycles. The van der Waals surface area contributed by atoms with E-state index in [1.807, 2.05) is 12.1 Å². The predicted molar refractivity (Wildman–Crippen MR) is 125 cm³/mol. The summed E-state index contributed by atoms with van der Waals surface area (Å²) in [7, 11) is 0. The molecule has 7 heteroatoms. The summed E-state index contributed by atoms with van der Waals surface area (Å²) in [6, 6.07) is 18.7. The number of para-hydroxylation sites is 1. The largest absolute Gasteiger partial charge is 0.369 e. The lowest BCUT2D eigenvalue weighted by Crippen LogP contribution is -2.46. The SMILES string of the molecule is Cl.Cl.Clc1ccc(Cc2nc(CN3CCN(c4ccccc4)CC3)cs2)cc1. The lowest BCUT2D eigenvalue weighted by Gasteiger charge is -2.35. The van der Waals surface area contributed by atoms with Crippen LogP contribution in [0.3, 0.4) is 0 Å². The fourth-order valence-corrected chi connectivity index (χ4v) is 4.26. The predicted octanol–water partition coefficient (Wildman–Crippen LogP) is 5.55. The lowest BCUT2D eigenvalue weighted by atomic mass is 10.2. The van der Waals surface area contributed by atoms with Crippen LogP contribution >= 0.6 is 47.8 Å². The van der Waals surface area contributed by atoms with Gasteiger partial charge in [0, 0.05) is 55.2 Å². The second kappa shape index (κ2) is 11.0. The third-order valence-electron chi connectivity index (χ3n) is 4.75. The Labute approximate surface area is 188 Å². The van der Waals surface area contributed by atoms with Crippen molar-refractivity contribution < 1.29 is 0 Å². The van der Waals surface area contributed by atoms with Crippen molar-refractivity contribution in [3.05, 3.63) is 81.3 Å². The number of hydrogen-bond acceptors (Lipinski definition) is 4. The average Bonchev–Trinajstić information content (AvgIpc) is 3.12. The van der Waals surface area contributed by atoms with Crippen LogP contribution in [0.5, 0.6) is 0 Å². The molecule has 1 aliphatic heterocycles. The van der Waals surface area contributed by atoms with Crippen LogP contribution in [0.1, 0.15) is 16.3 Å². The summed E-state index contributed by atoms with van der Waals surface area (Å²) in [5, 5.41) is 4.16.